The van der Waals surface area contributed by atoms with E-state index in [-0.39, 0.29) is 0 Å². The fourth-order valence-electron chi connectivity index (χ4n) is 3.11. The van der Waals surface area contributed by atoms with Crippen molar-refractivity contribution >= 4 is 10.6 Å². The van der Waals surface area contributed by atoms with Crippen LogP contribution in [0.5, 0.6) is 0 Å². The van der Waals surface area contributed by atoms with E-state index in [4.69, 9.17) is 12.6 Å². The molecule has 2 aliphatic carbocycles. The molecule has 2 fully saturated rings. The van der Waals surface area contributed by atoms with Gasteiger partial charge in [0.2, 0.25) is 0 Å². The maximum atomic E-state index is 8.44. The Morgan fingerprint density at radius 2 is 1.73 bits per heavy atom. The molecule has 2 atom stereocenters. The molecule has 0 aromatic carbocycles. The lowest BCUT2D eigenvalue weighted by molar-refractivity contribution is 0.179. The van der Waals surface area contributed by atoms with Crippen molar-refractivity contribution in [3.05, 3.63) is 12.2 Å². The first-order valence-electron chi connectivity index (χ1n) is 5.17. The van der Waals surface area contributed by atoms with Crippen molar-refractivity contribution in [2.24, 2.45) is 16.7 Å². The van der Waals surface area contributed by atoms with Crippen molar-refractivity contribution in [1.82, 2.24) is 0 Å². The van der Waals surface area contributed by atoms with E-state index in [0.29, 0.717) is 10.8 Å². The highest BCUT2D eigenvalue weighted by Gasteiger charge is 2.57. The first kappa shape index (κ1) is 12.4. The van der Waals surface area contributed by atoms with Gasteiger partial charge < -0.3 is 0 Å². The van der Waals surface area contributed by atoms with Gasteiger partial charge in [0, 0.05) is 0 Å². The van der Waals surface area contributed by atoms with E-state index in [1.54, 1.807) is 0 Å². The van der Waals surface area contributed by atoms with Crippen LogP contribution in [0, 0.1) is 16.7 Å². The third-order valence-corrected chi connectivity index (χ3v) is 4.71. The van der Waals surface area contributed by atoms with Crippen LogP contribution in [-0.4, -0.2) is 12.6 Å². The normalized spacial score (nSPS) is 35.9. The van der Waals surface area contributed by atoms with E-state index >= 15 is 0 Å². The summed E-state index contributed by atoms with van der Waals surface area (Å²) in [5.74, 6) is 0.931. The first-order chi connectivity index (χ1) is 6.72. The summed E-state index contributed by atoms with van der Waals surface area (Å²) in [7, 11) is -3.11. The highest BCUT2D eigenvalue weighted by Crippen LogP contribution is 2.67. The minimum atomic E-state index is -3.11. The summed E-state index contributed by atoms with van der Waals surface area (Å²) in [5.41, 5.74) is 2.51. The average molecular weight is 230 g/mol. The van der Waals surface area contributed by atoms with Crippen LogP contribution in [0.25, 0.3) is 0 Å². The Hall–Kier alpha value is -0.640. The molecule has 0 aromatic heterocycles. The van der Waals surface area contributed by atoms with Gasteiger partial charge in [-0.05, 0) is 36.0 Å². The molecule has 0 radical (unpaired) electrons. The Morgan fingerprint density at radius 1 is 1.27 bits per heavy atom. The van der Waals surface area contributed by atoms with Gasteiger partial charge in [0.1, 0.15) is 0 Å². The summed E-state index contributed by atoms with van der Waals surface area (Å²) in [4.78, 5) is 0. The molecule has 86 valence electrons. The lowest BCUT2D eigenvalue weighted by atomic mass is 9.69. The van der Waals surface area contributed by atoms with E-state index in [2.05, 4.69) is 27.4 Å². The number of hydrogen-bond donors (Lipinski definition) is 0. The summed E-state index contributed by atoms with van der Waals surface area (Å²) in [5, 5.41) is 0. The van der Waals surface area contributed by atoms with E-state index in [1.165, 1.54) is 24.8 Å². The predicted octanol–water partition coefficient (Wildman–Crippen LogP) is 2.38. The van der Waals surface area contributed by atoms with E-state index in [0.717, 1.165) is 5.92 Å². The molecule has 0 amide bonds. The van der Waals surface area contributed by atoms with Crippen molar-refractivity contribution in [1.29, 1.82) is 0 Å². The van der Waals surface area contributed by atoms with Crippen molar-refractivity contribution in [2.75, 3.05) is 0 Å². The SMILES string of the molecule is C=C1CC2CC[C@@]1(C)C2(C)C.O=S(=O)=O. The zero-order valence-corrected chi connectivity index (χ0v) is 10.4. The number of hydrogen-bond acceptors (Lipinski definition) is 3. The molecule has 0 spiro atoms. The highest BCUT2D eigenvalue weighted by atomic mass is 32.2. The van der Waals surface area contributed by atoms with Gasteiger partial charge in [0.15, 0.2) is 0 Å². The molecular formula is C11H18O3S. The molecule has 15 heavy (non-hydrogen) atoms. The summed E-state index contributed by atoms with van der Waals surface area (Å²) in [6.07, 6.45) is 4.11. The van der Waals surface area contributed by atoms with Crippen LogP contribution in [0.1, 0.15) is 40.0 Å². The molecule has 1 unspecified atom stereocenters. The number of allylic oxidation sites excluding steroid dienone is 1. The highest BCUT2D eigenvalue weighted by molar-refractivity contribution is 7.59. The molecule has 4 heteroatoms. The van der Waals surface area contributed by atoms with E-state index in [9.17, 15) is 0 Å². The van der Waals surface area contributed by atoms with Crippen molar-refractivity contribution < 1.29 is 12.6 Å². The Labute approximate surface area is 92.6 Å². The molecule has 0 heterocycles. The number of rotatable bonds is 0. The summed E-state index contributed by atoms with van der Waals surface area (Å²) >= 11 is 0. The molecule has 0 aromatic rings. The molecule has 2 rings (SSSR count). The molecular weight excluding hydrogens is 212 g/mol. The van der Waals surface area contributed by atoms with Crippen LogP contribution >= 0.6 is 0 Å². The molecule has 3 nitrogen and oxygen atoms in total. The standard InChI is InChI=1S/C11H18.O3S/c1-8-7-9-5-6-11(8,4)10(9,2)3;1-4(2)3/h9H,1,5-7H2,2-4H3;/t9?,11-;/m1./s1. The third-order valence-electron chi connectivity index (χ3n) is 4.71. The average Bonchev–Trinajstić information content (AvgIpc) is 2.36. The summed E-state index contributed by atoms with van der Waals surface area (Å²) in [6.45, 7) is 11.4. The monoisotopic (exact) mass is 230 g/mol. The van der Waals surface area contributed by atoms with Gasteiger partial charge in [-0.1, -0.05) is 32.9 Å². The van der Waals surface area contributed by atoms with Crippen LogP contribution in [0.15, 0.2) is 12.2 Å². The van der Waals surface area contributed by atoms with Gasteiger partial charge in [0.25, 0.3) is 0 Å². The summed E-state index contributed by atoms with van der Waals surface area (Å²) < 4.78 is 25.3. The molecule has 0 saturated heterocycles. The van der Waals surface area contributed by atoms with Crippen molar-refractivity contribution in [2.45, 2.75) is 40.0 Å². The first-order valence-corrected chi connectivity index (χ1v) is 6.17. The fraction of sp³-hybridized carbons (Fsp3) is 0.818. The predicted molar refractivity (Wildman–Crippen MR) is 58.1 cm³/mol. The minimum Gasteiger partial charge on any atom is -0.142 e. The molecule has 2 aliphatic rings. The fourth-order valence-corrected chi connectivity index (χ4v) is 3.11. The van der Waals surface area contributed by atoms with E-state index in [1.807, 2.05) is 0 Å². The Morgan fingerprint density at radius 3 is 1.87 bits per heavy atom. The van der Waals surface area contributed by atoms with Gasteiger partial charge in [-0.15, -0.1) is 12.6 Å². The minimum absolute atomic E-state index is 0.470. The number of fused-ring (bicyclic) bond motifs is 2. The molecule has 2 bridgehead atoms. The van der Waals surface area contributed by atoms with Crippen LogP contribution in [-0.2, 0) is 10.6 Å². The second-order valence-electron chi connectivity index (χ2n) is 5.30. The quantitative estimate of drug-likeness (QED) is 0.600. The third kappa shape index (κ3) is 1.87. The van der Waals surface area contributed by atoms with Crippen molar-refractivity contribution in [3.63, 3.8) is 0 Å². The van der Waals surface area contributed by atoms with Gasteiger partial charge in [0.05, 0.1) is 0 Å². The Kier molecular flexibility index (Phi) is 3.10. The lowest BCUT2D eigenvalue weighted by Gasteiger charge is -2.35. The Bertz CT molecular complexity index is 372. The van der Waals surface area contributed by atoms with Crippen molar-refractivity contribution in [3.8, 4) is 0 Å². The van der Waals surface area contributed by atoms with Gasteiger partial charge in [-0.25, -0.2) is 0 Å². The molecule has 0 N–H and O–H groups in total. The van der Waals surface area contributed by atoms with Gasteiger partial charge >= 0.3 is 10.6 Å². The van der Waals surface area contributed by atoms with E-state index < -0.39 is 10.6 Å². The largest absolute Gasteiger partial charge is 0.425 e. The Balaban J connectivity index is 0.000000245. The lowest BCUT2D eigenvalue weighted by Crippen LogP contribution is -2.27. The van der Waals surface area contributed by atoms with Gasteiger partial charge in [-0.3, -0.25) is 0 Å². The summed E-state index contributed by atoms with van der Waals surface area (Å²) in [6, 6.07) is 0. The molecule has 0 aliphatic heterocycles. The topological polar surface area (TPSA) is 51.2 Å². The smallest absolute Gasteiger partial charge is 0.142 e. The van der Waals surface area contributed by atoms with Crippen LogP contribution in [0.3, 0.4) is 0 Å². The van der Waals surface area contributed by atoms with Gasteiger partial charge in [-0.2, -0.15) is 0 Å². The molecule has 2 saturated carbocycles. The zero-order valence-electron chi connectivity index (χ0n) is 9.54. The maximum Gasteiger partial charge on any atom is 0.425 e. The van der Waals surface area contributed by atoms with Crippen LogP contribution < -0.4 is 0 Å². The second-order valence-corrected chi connectivity index (χ2v) is 5.71. The van der Waals surface area contributed by atoms with Crippen LogP contribution in [0.4, 0.5) is 0 Å². The second kappa shape index (κ2) is 3.74. The maximum absolute atomic E-state index is 8.44. The zero-order chi connectivity index (χ0) is 11.9. The van der Waals surface area contributed by atoms with Crippen LogP contribution in [0.2, 0.25) is 0 Å².